The molecule has 0 spiro atoms. The summed E-state index contributed by atoms with van der Waals surface area (Å²) in [6.45, 7) is 4.76. The van der Waals surface area contributed by atoms with Crippen LogP contribution in [0.5, 0.6) is 23.0 Å². The van der Waals surface area contributed by atoms with Crippen LogP contribution in [-0.4, -0.2) is 6.71 Å². The van der Waals surface area contributed by atoms with Gasteiger partial charge in [0.25, 0.3) is 6.71 Å². The van der Waals surface area contributed by atoms with Crippen LogP contribution < -0.4 is 25.9 Å². The molecule has 0 aliphatic carbocycles. The van der Waals surface area contributed by atoms with E-state index in [1.54, 1.807) is 0 Å². The van der Waals surface area contributed by atoms with Crippen molar-refractivity contribution >= 4 is 23.1 Å². The van der Waals surface area contributed by atoms with Gasteiger partial charge in [0.2, 0.25) is 0 Å². The molecule has 1 atom stereocenters. The first-order chi connectivity index (χ1) is 14.3. The van der Waals surface area contributed by atoms with Crippen LogP contribution in [-0.2, 0) is 6.42 Å². The van der Waals surface area contributed by atoms with Crippen LogP contribution >= 0.6 is 0 Å². The first-order valence-electron chi connectivity index (χ1n) is 11.0. The Bertz CT molecular complexity index is 1040. The van der Waals surface area contributed by atoms with Gasteiger partial charge in [-0.2, -0.15) is 0 Å². The number of benzene rings is 3. The predicted molar refractivity (Wildman–Crippen MR) is 121 cm³/mol. The standard InChI is InChI=1S/C26H27BO2/c1-3-5-9-18(4-2)16-19-14-15-21-25(17-19)29-24-13-8-12-23-26(24)27(21)20-10-6-7-11-22(20)28-23/h6-8,10-15,17-18H,3-5,9,16H2,1-2H3. The van der Waals surface area contributed by atoms with Crippen LogP contribution in [0.15, 0.2) is 60.7 Å². The second-order valence-corrected chi connectivity index (χ2v) is 8.34. The van der Waals surface area contributed by atoms with Crippen LogP contribution in [0.3, 0.4) is 0 Å². The maximum absolute atomic E-state index is 6.40. The molecule has 0 amide bonds. The van der Waals surface area contributed by atoms with Gasteiger partial charge in [0, 0.05) is 5.46 Å². The first-order valence-corrected chi connectivity index (χ1v) is 11.0. The average molecular weight is 382 g/mol. The average Bonchev–Trinajstić information content (AvgIpc) is 2.76. The molecule has 0 bridgehead atoms. The highest BCUT2D eigenvalue weighted by molar-refractivity contribution is 6.98. The van der Waals surface area contributed by atoms with Crippen molar-refractivity contribution in [3.63, 3.8) is 0 Å². The molecule has 3 aromatic rings. The Kier molecular flexibility index (Phi) is 4.83. The monoisotopic (exact) mass is 382 g/mol. The van der Waals surface area contributed by atoms with Gasteiger partial charge in [0.15, 0.2) is 0 Å². The molecule has 0 saturated carbocycles. The van der Waals surface area contributed by atoms with E-state index >= 15 is 0 Å². The number of para-hydroxylation sites is 1. The summed E-state index contributed by atoms with van der Waals surface area (Å²) < 4.78 is 12.6. The van der Waals surface area contributed by atoms with Gasteiger partial charge in [-0.05, 0) is 53.1 Å². The molecule has 0 aromatic heterocycles. The van der Waals surface area contributed by atoms with Gasteiger partial charge < -0.3 is 9.47 Å². The lowest BCUT2D eigenvalue weighted by atomic mass is 9.35. The van der Waals surface area contributed by atoms with E-state index in [2.05, 4.69) is 56.3 Å². The third-order valence-electron chi connectivity index (χ3n) is 6.44. The number of unbranched alkanes of at least 4 members (excludes halogenated alkanes) is 1. The van der Waals surface area contributed by atoms with Crippen LogP contribution in [0.4, 0.5) is 0 Å². The topological polar surface area (TPSA) is 18.5 Å². The molecule has 2 heterocycles. The fourth-order valence-corrected chi connectivity index (χ4v) is 4.82. The fourth-order valence-electron chi connectivity index (χ4n) is 4.82. The number of hydrogen-bond acceptors (Lipinski definition) is 2. The molecule has 146 valence electrons. The van der Waals surface area contributed by atoms with Crippen LogP contribution in [0.1, 0.15) is 45.1 Å². The van der Waals surface area contributed by atoms with Crippen molar-refractivity contribution in [2.24, 2.45) is 5.92 Å². The molecule has 0 saturated heterocycles. The Morgan fingerprint density at radius 2 is 1.52 bits per heavy atom. The number of ether oxygens (including phenoxy) is 2. The third kappa shape index (κ3) is 3.23. The Hall–Kier alpha value is -2.68. The second kappa shape index (κ2) is 7.63. The predicted octanol–water partition coefficient (Wildman–Crippen LogP) is 5.17. The lowest BCUT2D eigenvalue weighted by Crippen LogP contribution is -2.57. The fraction of sp³-hybridized carbons (Fsp3) is 0.308. The van der Waals surface area contributed by atoms with E-state index in [1.165, 1.54) is 42.2 Å². The Morgan fingerprint density at radius 3 is 2.31 bits per heavy atom. The van der Waals surface area contributed by atoms with Gasteiger partial charge >= 0.3 is 0 Å². The molecule has 2 aliphatic heterocycles. The smallest absolute Gasteiger partial charge is 0.260 e. The van der Waals surface area contributed by atoms with Crippen molar-refractivity contribution in [2.45, 2.75) is 46.0 Å². The highest BCUT2D eigenvalue weighted by Gasteiger charge is 2.39. The van der Waals surface area contributed by atoms with Crippen molar-refractivity contribution in [2.75, 3.05) is 0 Å². The highest BCUT2D eigenvalue weighted by Crippen LogP contribution is 2.34. The van der Waals surface area contributed by atoms with E-state index in [1.807, 2.05) is 18.2 Å². The lowest BCUT2D eigenvalue weighted by Gasteiger charge is -2.33. The minimum atomic E-state index is 0.172. The summed E-state index contributed by atoms with van der Waals surface area (Å²) in [7, 11) is 0. The molecule has 3 aromatic carbocycles. The van der Waals surface area contributed by atoms with Gasteiger partial charge in [-0.3, -0.25) is 0 Å². The minimum Gasteiger partial charge on any atom is -0.458 e. The lowest BCUT2D eigenvalue weighted by molar-refractivity contribution is 0.445. The molecule has 2 nitrogen and oxygen atoms in total. The molecular weight excluding hydrogens is 355 g/mol. The number of rotatable bonds is 6. The summed E-state index contributed by atoms with van der Waals surface area (Å²) in [6.07, 6.45) is 6.26. The molecule has 2 aliphatic rings. The Labute approximate surface area is 174 Å². The van der Waals surface area contributed by atoms with Gasteiger partial charge in [0.05, 0.1) is 0 Å². The normalized spacial score (nSPS) is 14.2. The molecular formula is C26H27BO2. The van der Waals surface area contributed by atoms with Gasteiger partial charge in [-0.1, -0.05) is 75.9 Å². The van der Waals surface area contributed by atoms with Crippen molar-refractivity contribution < 1.29 is 9.47 Å². The summed E-state index contributed by atoms with van der Waals surface area (Å²) >= 11 is 0. The van der Waals surface area contributed by atoms with E-state index in [-0.39, 0.29) is 6.71 Å². The van der Waals surface area contributed by atoms with E-state index in [0.717, 1.165) is 40.8 Å². The summed E-state index contributed by atoms with van der Waals surface area (Å²) in [5.41, 5.74) is 5.00. The van der Waals surface area contributed by atoms with Crippen molar-refractivity contribution in [1.82, 2.24) is 0 Å². The summed E-state index contributed by atoms with van der Waals surface area (Å²) in [6, 6.07) is 21.4. The van der Waals surface area contributed by atoms with Crippen molar-refractivity contribution in [1.29, 1.82) is 0 Å². The first kappa shape index (κ1) is 18.4. The van der Waals surface area contributed by atoms with E-state index in [9.17, 15) is 0 Å². The third-order valence-corrected chi connectivity index (χ3v) is 6.44. The Morgan fingerprint density at radius 1 is 0.793 bits per heavy atom. The SMILES string of the molecule is CCCCC(CC)Cc1ccc2c(c1)Oc1cccc3c1B2c1ccccc1O3. The molecule has 29 heavy (non-hydrogen) atoms. The molecule has 3 heteroatoms. The molecule has 5 rings (SSSR count). The van der Waals surface area contributed by atoms with Crippen LogP contribution in [0.2, 0.25) is 0 Å². The quantitative estimate of drug-likeness (QED) is 0.377. The van der Waals surface area contributed by atoms with E-state index < -0.39 is 0 Å². The maximum Gasteiger partial charge on any atom is 0.260 e. The van der Waals surface area contributed by atoms with Crippen molar-refractivity contribution in [3.8, 4) is 23.0 Å². The zero-order chi connectivity index (χ0) is 19.8. The second-order valence-electron chi connectivity index (χ2n) is 8.34. The maximum atomic E-state index is 6.40. The summed E-state index contributed by atoms with van der Waals surface area (Å²) in [5.74, 6) is 4.53. The van der Waals surface area contributed by atoms with E-state index in [0.29, 0.717) is 0 Å². The number of hydrogen-bond donors (Lipinski definition) is 0. The largest absolute Gasteiger partial charge is 0.458 e. The Balaban J connectivity index is 1.55. The summed E-state index contributed by atoms with van der Waals surface area (Å²) in [4.78, 5) is 0. The van der Waals surface area contributed by atoms with Crippen LogP contribution in [0, 0.1) is 5.92 Å². The molecule has 0 N–H and O–H groups in total. The zero-order valence-corrected chi connectivity index (χ0v) is 17.3. The highest BCUT2D eigenvalue weighted by atomic mass is 16.5. The van der Waals surface area contributed by atoms with E-state index in [4.69, 9.17) is 9.47 Å². The van der Waals surface area contributed by atoms with Gasteiger partial charge in [-0.25, -0.2) is 0 Å². The number of fused-ring (bicyclic) bond motifs is 4. The molecule has 1 unspecified atom stereocenters. The molecule has 0 fully saturated rings. The minimum absolute atomic E-state index is 0.172. The van der Waals surface area contributed by atoms with Crippen molar-refractivity contribution in [3.05, 3.63) is 66.2 Å². The zero-order valence-electron chi connectivity index (χ0n) is 17.3. The summed E-state index contributed by atoms with van der Waals surface area (Å²) in [5, 5.41) is 0. The van der Waals surface area contributed by atoms with Gasteiger partial charge in [0.1, 0.15) is 23.0 Å². The van der Waals surface area contributed by atoms with Crippen LogP contribution in [0.25, 0.3) is 0 Å². The molecule has 0 radical (unpaired) electrons. The van der Waals surface area contributed by atoms with Gasteiger partial charge in [-0.15, -0.1) is 0 Å².